The second kappa shape index (κ2) is 7.60. The van der Waals surface area contributed by atoms with E-state index in [0.717, 1.165) is 31.2 Å². The van der Waals surface area contributed by atoms with Crippen LogP contribution in [0.15, 0.2) is 24.3 Å². The van der Waals surface area contributed by atoms with Gasteiger partial charge in [0.05, 0.1) is 17.9 Å². The molecule has 3 aliphatic rings. The van der Waals surface area contributed by atoms with Crippen molar-refractivity contribution in [3.63, 3.8) is 0 Å². The zero-order chi connectivity index (χ0) is 19.0. The molecular formula is C20H24ClN3O3. The Balaban J connectivity index is 1.51. The Bertz CT molecular complexity index is 745. The fraction of sp³-hybridized carbons (Fsp3) is 0.550. The Hall–Kier alpha value is -1.92. The molecule has 1 aromatic carbocycles. The summed E-state index contributed by atoms with van der Waals surface area (Å²) in [5.74, 6) is -0.932. The first-order chi connectivity index (χ1) is 13.1. The van der Waals surface area contributed by atoms with Crippen molar-refractivity contribution in [1.82, 2.24) is 15.1 Å². The van der Waals surface area contributed by atoms with E-state index in [0.29, 0.717) is 24.7 Å². The van der Waals surface area contributed by atoms with Crippen molar-refractivity contribution >= 4 is 29.3 Å². The maximum absolute atomic E-state index is 13.0. The monoisotopic (exact) mass is 389 g/mol. The number of halogens is 1. The lowest BCUT2D eigenvalue weighted by Gasteiger charge is -2.37. The molecule has 6 nitrogen and oxygen atoms in total. The Morgan fingerprint density at radius 3 is 2.52 bits per heavy atom. The van der Waals surface area contributed by atoms with Crippen molar-refractivity contribution in [2.24, 2.45) is 11.8 Å². The van der Waals surface area contributed by atoms with Gasteiger partial charge < -0.3 is 10.2 Å². The summed E-state index contributed by atoms with van der Waals surface area (Å²) in [5.41, 5.74) is 0.954. The van der Waals surface area contributed by atoms with Gasteiger partial charge in [0.15, 0.2) is 0 Å². The second-order valence-corrected chi connectivity index (χ2v) is 8.06. The van der Waals surface area contributed by atoms with E-state index in [1.165, 1.54) is 4.90 Å². The number of imide groups is 1. The number of carbonyl (C=O) groups excluding carboxylic acids is 3. The van der Waals surface area contributed by atoms with E-state index in [-0.39, 0.29) is 42.1 Å². The van der Waals surface area contributed by atoms with Crippen LogP contribution in [0.1, 0.15) is 37.3 Å². The summed E-state index contributed by atoms with van der Waals surface area (Å²) in [4.78, 5) is 41.4. The molecule has 3 fully saturated rings. The largest absolute Gasteiger partial charge is 0.332 e. The van der Waals surface area contributed by atoms with Crippen LogP contribution in [0.5, 0.6) is 0 Å². The van der Waals surface area contributed by atoms with Gasteiger partial charge in [-0.1, -0.05) is 36.6 Å². The highest BCUT2D eigenvalue weighted by Crippen LogP contribution is 2.38. The predicted molar refractivity (Wildman–Crippen MR) is 101 cm³/mol. The topological polar surface area (TPSA) is 69.7 Å². The number of likely N-dealkylation sites (tertiary alicyclic amines) is 1. The first-order valence-electron chi connectivity index (χ1n) is 9.67. The van der Waals surface area contributed by atoms with Gasteiger partial charge >= 0.3 is 0 Å². The molecule has 2 saturated heterocycles. The SMILES string of the molecule is O=C1C2CCCCC2C(=O)N1CC(=O)N1CCNCC1c1cccc(Cl)c1. The molecule has 3 unspecified atom stereocenters. The van der Waals surface area contributed by atoms with Gasteiger partial charge in [0.1, 0.15) is 6.54 Å². The molecule has 2 aliphatic heterocycles. The molecule has 0 aromatic heterocycles. The van der Waals surface area contributed by atoms with Crippen LogP contribution in [0, 0.1) is 11.8 Å². The molecule has 0 radical (unpaired) electrons. The van der Waals surface area contributed by atoms with Gasteiger partial charge in [0.25, 0.3) is 0 Å². The first-order valence-corrected chi connectivity index (χ1v) is 10.0. The number of rotatable bonds is 3. The van der Waals surface area contributed by atoms with E-state index in [2.05, 4.69) is 5.32 Å². The van der Waals surface area contributed by atoms with E-state index in [1.807, 2.05) is 18.2 Å². The highest BCUT2D eigenvalue weighted by molar-refractivity contribution is 6.30. The number of benzene rings is 1. The average Bonchev–Trinajstić information content (AvgIpc) is 2.93. The third kappa shape index (κ3) is 3.48. The number of nitrogens with one attached hydrogen (secondary N) is 1. The fourth-order valence-corrected chi connectivity index (χ4v) is 4.83. The quantitative estimate of drug-likeness (QED) is 0.802. The van der Waals surface area contributed by atoms with E-state index < -0.39 is 0 Å². The van der Waals surface area contributed by atoms with Crippen LogP contribution >= 0.6 is 11.6 Å². The van der Waals surface area contributed by atoms with Crippen LogP contribution in [0.3, 0.4) is 0 Å². The molecule has 0 spiro atoms. The minimum absolute atomic E-state index is 0.151. The van der Waals surface area contributed by atoms with E-state index in [4.69, 9.17) is 11.6 Å². The van der Waals surface area contributed by atoms with Crippen molar-refractivity contribution in [1.29, 1.82) is 0 Å². The maximum atomic E-state index is 13.0. The highest BCUT2D eigenvalue weighted by Gasteiger charge is 2.49. The van der Waals surface area contributed by atoms with Gasteiger partial charge in [-0.05, 0) is 30.5 Å². The Labute approximate surface area is 163 Å². The van der Waals surface area contributed by atoms with Crippen LogP contribution in [-0.2, 0) is 14.4 Å². The Kier molecular flexibility index (Phi) is 5.19. The van der Waals surface area contributed by atoms with Gasteiger partial charge in [0, 0.05) is 24.7 Å². The molecule has 27 heavy (non-hydrogen) atoms. The molecule has 1 aliphatic carbocycles. The zero-order valence-electron chi connectivity index (χ0n) is 15.2. The smallest absolute Gasteiger partial charge is 0.243 e. The average molecular weight is 390 g/mol. The fourth-order valence-electron chi connectivity index (χ4n) is 4.63. The molecule has 4 rings (SSSR count). The van der Waals surface area contributed by atoms with Crippen LogP contribution in [-0.4, -0.2) is 53.7 Å². The maximum Gasteiger partial charge on any atom is 0.243 e. The molecular weight excluding hydrogens is 366 g/mol. The summed E-state index contributed by atoms with van der Waals surface area (Å²) in [7, 11) is 0. The molecule has 144 valence electrons. The summed E-state index contributed by atoms with van der Waals surface area (Å²) in [6, 6.07) is 7.33. The van der Waals surface area contributed by atoms with E-state index in [1.54, 1.807) is 11.0 Å². The van der Waals surface area contributed by atoms with Crippen molar-refractivity contribution in [3.8, 4) is 0 Å². The predicted octanol–water partition coefficient (Wildman–Crippen LogP) is 1.99. The van der Waals surface area contributed by atoms with Crippen molar-refractivity contribution in [2.75, 3.05) is 26.2 Å². The number of piperazine rings is 1. The summed E-state index contributed by atoms with van der Waals surface area (Å²) in [6.45, 7) is 1.70. The zero-order valence-corrected chi connectivity index (χ0v) is 16.0. The summed E-state index contributed by atoms with van der Waals surface area (Å²) < 4.78 is 0. The molecule has 7 heteroatoms. The van der Waals surface area contributed by atoms with Gasteiger partial charge in [-0.2, -0.15) is 0 Å². The van der Waals surface area contributed by atoms with Crippen molar-refractivity contribution in [3.05, 3.63) is 34.9 Å². The molecule has 1 aromatic rings. The second-order valence-electron chi connectivity index (χ2n) is 7.62. The van der Waals surface area contributed by atoms with Crippen molar-refractivity contribution < 1.29 is 14.4 Å². The molecule has 1 N–H and O–H groups in total. The minimum atomic E-state index is -0.217. The number of hydrogen-bond acceptors (Lipinski definition) is 4. The van der Waals surface area contributed by atoms with Crippen LogP contribution in [0.2, 0.25) is 5.02 Å². The Morgan fingerprint density at radius 2 is 1.85 bits per heavy atom. The number of fused-ring (bicyclic) bond motifs is 1. The first kappa shape index (κ1) is 18.4. The summed E-state index contributed by atoms with van der Waals surface area (Å²) in [6.07, 6.45) is 3.49. The van der Waals surface area contributed by atoms with Crippen LogP contribution in [0.4, 0.5) is 0 Å². The highest BCUT2D eigenvalue weighted by atomic mass is 35.5. The number of amides is 3. The molecule has 2 heterocycles. The molecule has 0 bridgehead atoms. The lowest BCUT2D eigenvalue weighted by molar-refractivity contribution is -0.148. The standard InChI is InChI=1S/C20H24ClN3O3/c21-14-5-3-4-13(10-14)17-11-22-8-9-23(17)18(25)12-24-19(26)15-6-1-2-7-16(15)20(24)27/h3-5,10,15-17,22H,1-2,6-9,11-12H2. The molecule has 3 amide bonds. The van der Waals surface area contributed by atoms with Gasteiger partial charge in [-0.15, -0.1) is 0 Å². The van der Waals surface area contributed by atoms with Gasteiger partial charge in [0.2, 0.25) is 17.7 Å². The molecule has 3 atom stereocenters. The number of carbonyl (C=O) groups is 3. The third-order valence-electron chi connectivity index (χ3n) is 6.02. The summed E-state index contributed by atoms with van der Waals surface area (Å²) in [5, 5.41) is 3.93. The number of hydrogen-bond donors (Lipinski definition) is 1. The third-order valence-corrected chi connectivity index (χ3v) is 6.26. The van der Waals surface area contributed by atoms with Gasteiger partial charge in [-0.25, -0.2) is 0 Å². The summed E-state index contributed by atoms with van der Waals surface area (Å²) >= 11 is 6.12. The van der Waals surface area contributed by atoms with Crippen LogP contribution in [0.25, 0.3) is 0 Å². The lowest BCUT2D eigenvalue weighted by Crippen LogP contribution is -2.52. The lowest BCUT2D eigenvalue weighted by atomic mass is 9.81. The molecule has 1 saturated carbocycles. The van der Waals surface area contributed by atoms with Gasteiger partial charge in [-0.3, -0.25) is 19.3 Å². The van der Waals surface area contributed by atoms with E-state index >= 15 is 0 Å². The van der Waals surface area contributed by atoms with Crippen molar-refractivity contribution in [2.45, 2.75) is 31.7 Å². The normalized spacial score (nSPS) is 28.4. The Morgan fingerprint density at radius 1 is 1.15 bits per heavy atom. The minimum Gasteiger partial charge on any atom is -0.332 e. The van der Waals surface area contributed by atoms with Crippen LogP contribution < -0.4 is 5.32 Å². The number of nitrogens with zero attached hydrogens (tertiary/aromatic N) is 2. The van der Waals surface area contributed by atoms with E-state index in [9.17, 15) is 14.4 Å².